The van der Waals surface area contributed by atoms with E-state index in [2.05, 4.69) is 9.59 Å². The number of nitrogens with zero attached hydrogens (tertiary/aromatic N) is 2. The molecular weight excluding hydrogens is 154 g/mol. The highest BCUT2D eigenvalue weighted by Crippen LogP contribution is 2.08. The Morgan fingerprint density at radius 1 is 1.90 bits per heavy atom. The lowest BCUT2D eigenvalue weighted by Crippen LogP contribution is -2.21. The summed E-state index contributed by atoms with van der Waals surface area (Å²) < 4.78 is 3.45. The first-order chi connectivity index (χ1) is 4.72. The summed E-state index contributed by atoms with van der Waals surface area (Å²) in [5.74, 6) is -0.812. The predicted molar refractivity (Wildman–Crippen MR) is 34.1 cm³/mol. The van der Waals surface area contributed by atoms with Gasteiger partial charge >= 0.3 is 0 Å². The lowest BCUT2D eigenvalue weighted by Gasteiger charge is -1.98. The van der Waals surface area contributed by atoms with Gasteiger partial charge in [0.15, 0.2) is 6.10 Å². The van der Waals surface area contributed by atoms with Gasteiger partial charge in [0.1, 0.15) is 5.69 Å². The quantitative estimate of drug-likeness (QED) is 0.582. The molecule has 0 aliphatic rings. The molecule has 5 nitrogen and oxygen atoms in total. The van der Waals surface area contributed by atoms with Gasteiger partial charge in [-0.15, -0.1) is 5.10 Å². The molecule has 1 amide bonds. The molecule has 1 aromatic rings. The first-order valence-electron chi connectivity index (χ1n) is 2.46. The number of aliphatic hydroxyl groups is 1. The molecule has 1 rings (SSSR count). The summed E-state index contributed by atoms with van der Waals surface area (Å²) >= 11 is 1.06. The molecule has 0 saturated carbocycles. The van der Waals surface area contributed by atoms with Crippen LogP contribution in [0.3, 0.4) is 0 Å². The maximum absolute atomic E-state index is 10.3. The molecule has 1 aromatic heterocycles. The molecule has 1 heterocycles. The zero-order valence-electron chi connectivity index (χ0n) is 4.89. The Morgan fingerprint density at radius 3 is 3.00 bits per heavy atom. The molecule has 0 aliphatic heterocycles. The molecular formula is C4H5N3O2S. The molecule has 3 N–H and O–H groups in total. The topological polar surface area (TPSA) is 89.1 Å². The van der Waals surface area contributed by atoms with Crippen LogP contribution in [0.1, 0.15) is 11.8 Å². The van der Waals surface area contributed by atoms with Crippen molar-refractivity contribution in [3.63, 3.8) is 0 Å². The van der Waals surface area contributed by atoms with E-state index < -0.39 is 12.0 Å². The van der Waals surface area contributed by atoms with Gasteiger partial charge in [0.2, 0.25) is 0 Å². The van der Waals surface area contributed by atoms with Gasteiger partial charge in [-0.3, -0.25) is 4.79 Å². The highest BCUT2D eigenvalue weighted by atomic mass is 32.1. The van der Waals surface area contributed by atoms with Crippen molar-refractivity contribution in [2.24, 2.45) is 5.73 Å². The summed E-state index contributed by atoms with van der Waals surface area (Å²) in [4.78, 5) is 10.3. The third-order valence-corrected chi connectivity index (χ3v) is 1.45. The van der Waals surface area contributed by atoms with E-state index in [0.29, 0.717) is 0 Å². The Morgan fingerprint density at radius 2 is 2.60 bits per heavy atom. The molecule has 0 bridgehead atoms. The number of nitrogens with two attached hydrogens (primary N) is 1. The number of aliphatic hydroxyl groups excluding tert-OH is 1. The van der Waals surface area contributed by atoms with Crippen LogP contribution in [0.25, 0.3) is 0 Å². The third kappa shape index (κ3) is 1.28. The minimum absolute atomic E-state index is 0.206. The lowest BCUT2D eigenvalue weighted by molar-refractivity contribution is -0.126. The molecule has 10 heavy (non-hydrogen) atoms. The number of rotatable bonds is 2. The van der Waals surface area contributed by atoms with Crippen molar-refractivity contribution in [3.8, 4) is 0 Å². The maximum atomic E-state index is 10.3. The number of amides is 1. The molecule has 6 heteroatoms. The Hall–Kier alpha value is -1.01. The predicted octanol–water partition coefficient (Wildman–Crippen LogP) is -0.943. The molecule has 54 valence electrons. The Balaban J connectivity index is 2.77. The van der Waals surface area contributed by atoms with Gasteiger partial charge in [-0.1, -0.05) is 4.49 Å². The van der Waals surface area contributed by atoms with Gasteiger partial charge in [-0.05, 0) is 11.5 Å². The smallest absolute Gasteiger partial charge is 0.252 e. The number of primary amides is 1. The SMILES string of the molecule is NC(=O)C(O)c1csnn1. The van der Waals surface area contributed by atoms with Crippen molar-refractivity contribution in [1.82, 2.24) is 9.59 Å². The van der Waals surface area contributed by atoms with Crippen LogP contribution in [0.2, 0.25) is 0 Å². The van der Waals surface area contributed by atoms with Crippen LogP contribution in [-0.2, 0) is 4.79 Å². The van der Waals surface area contributed by atoms with Gasteiger partial charge in [-0.2, -0.15) is 0 Å². The van der Waals surface area contributed by atoms with E-state index in [1.54, 1.807) is 0 Å². The molecule has 0 radical (unpaired) electrons. The van der Waals surface area contributed by atoms with Crippen LogP contribution >= 0.6 is 11.5 Å². The Labute approximate surface area is 60.6 Å². The molecule has 1 atom stereocenters. The highest BCUT2D eigenvalue weighted by Gasteiger charge is 2.15. The minimum atomic E-state index is -1.32. The molecule has 0 fully saturated rings. The third-order valence-electron chi connectivity index (χ3n) is 0.927. The molecule has 1 unspecified atom stereocenters. The Kier molecular flexibility index (Phi) is 1.93. The highest BCUT2D eigenvalue weighted by molar-refractivity contribution is 7.03. The summed E-state index contributed by atoms with van der Waals surface area (Å²) in [5.41, 5.74) is 4.98. The number of carbonyl (C=O) groups excluding carboxylic acids is 1. The van der Waals surface area contributed by atoms with Gasteiger partial charge in [-0.25, -0.2) is 0 Å². The first kappa shape index (κ1) is 7.10. The summed E-state index contributed by atoms with van der Waals surface area (Å²) in [5, 5.41) is 13.8. The molecule has 0 saturated heterocycles. The van der Waals surface area contributed by atoms with Gasteiger partial charge in [0.05, 0.1) is 0 Å². The number of aromatic nitrogens is 2. The minimum Gasteiger partial charge on any atom is -0.377 e. The second-order valence-corrected chi connectivity index (χ2v) is 2.24. The number of hydrogen-bond acceptors (Lipinski definition) is 5. The Bertz CT molecular complexity index is 222. The zero-order valence-corrected chi connectivity index (χ0v) is 5.71. The van der Waals surface area contributed by atoms with Crippen molar-refractivity contribution in [1.29, 1.82) is 0 Å². The molecule has 0 spiro atoms. The largest absolute Gasteiger partial charge is 0.377 e. The summed E-state index contributed by atoms with van der Waals surface area (Å²) in [6.07, 6.45) is -1.32. The summed E-state index contributed by atoms with van der Waals surface area (Å²) in [6.45, 7) is 0. The van der Waals surface area contributed by atoms with Crippen LogP contribution in [0, 0.1) is 0 Å². The first-order valence-corrected chi connectivity index (χ1v) is 3.30. The van der Waals surface area contributed by atoms with E-state index in [-0.39, 0.29) is 5.69 Å². The molecule has 0 aliphatic carbocycles. The number of carbonyl (C=O) groups is 1. The summed E-state index contributed by atoms with van der Waals surface area (Å²) in [7, 11) is 0. The van der Waals surface area contributed by atoms with E-state index in [4.69, 9.17) is 10.8 Å². The van der Waals surface area contributed by atoms with Crippen molar-refractivity contribution < 1.29 is 9.90 Å². The van der Waals surface area contributed by atoms with E-state index in [9.17, 15) is 4.79 Å². The monoisotopic (exact) mass is 159 g/mol. The van der Waals surface area contributed by atoms with E-state index in [1.165, 1.54) is 5.38 Å². The fourth-order valence-corrected chi connectivity index (χ4v) is 0.909. The van der Waals surface area contributed by atoms with Gasteiger partial charge in [0, 0.05) is 5.38 Å². The zero-order chi connectivity index (χ0) is 7.56. The van der Waals surface area contributed by atoms with Crippen LogP contribution in [0.5, 0.6) is 0 Å². The lowest BCUT2D eigenvalue weighted by atomic mass is 10.3. The second-order valence-electron chi connectivity index (χ2n) is 1.63. The van der Waals surface area contributed by atoms with Crippen molar-refractivity contribution in [2.75, 3.05) is 0 Å². The van der Waals surface area contributed by atoms with Crippen molar-refractivity contribution in [2.45, 2.75) is 6.10 Å². The normalized spacial score (nSPS) is 12.9. The van der Waals surface area contributed by atoms with Crippen LogP contribution in [0.4, 0.5) is 0 Å². The summed E-state index contributed by atoms with van der Waals surface area (Å²) in [6, 6.07) is 0. The fraction of sp³-hybridized carbons (Fsp3) is 0.250. The van der Waals surface area contributed by atoms with Crippen molar-refractivity contribution in [3.05, 3.63) is 11.1 Å². The standard InChI is InChI=1S/C4H5N3O2S/c5-4(9)3(8)2-1-10-7-6-2/h1,3,8H,(H2,5,9). The van der Waals surface area contributed by atoms with E-state index in [0.717, 1.165) is 11.5 Å². The van der Waals surface area contributed by atoms with Crippen LogP contribution in [-0.4, -0.2) is 20.6 Å². The second kappa shape index (κ2) is 2.72. The number of hydrogen-bond donors (Lipinski definition) is 2. The van der Waals surface area contributed by atoms with Gasteiger partial charge < -0.3 is 10.8 Å². The maximum Gasteiger partial charge on any atom is 0.252 e. The fourth-order valence-electron chi connectivity index (χ4n) is 0.437. The van der Waals surface area contributed by atoms with Crippen LogP contribution in [0.15, 0.2) is 5.38 Å². The van der Waals surface area contributed by atoms with Crippen molar-refractivity contribution >= 4 is 17.4 Å². The van der Waals surface area contributed by atoms with Crippen LogP contribution < -0.4 is 5.73 Å². The van der Waals surface area contributed by atoms with E-state index in [1.807, 2.05) is 0 Å². The van der Waals surface area contributed by atoms with Gasteiger partial charge in [0.25, 0.3) is 5.91 Å². The average molecular weight is 159 g/mol. The molecule has 0 aromatic carbocycles. The van der Waals surface area contributed by atoms with E-state index >= 15 is 0 Å². The average Bonchev–Trinajstić information content (AvgIpc) is 2.36.